The second-order valence-electron chi connectivity index (χ2n) is 17.6. The zero-order chi connectivity index (χ0) is 50.7. The Morgan fingerprint density at radius 1 is 0.472 bits per heavy atom. The van der Waals surface area contributed by atoms with Crippen molar-refractivity contribution in [3.8, 4) is 0 Å². The van der Waals surface area contributed by atoms with E-state index in [0.717, 1.165) is 11.1 Å². The van der Waals surface area contributed by atoms with E-state index in [1.54, 1.807) is 21.9 Å². The van der Waals surface area contributed by atoms with Crippen molar-refractivity contribution in [2.75, 3.05) is 75.6 Å². The van der Waals surface area contributed by atoms with Gasteiger partial charge in [0.25, 0.3) is 23.6 Å². The molecule has 4 amide bonds. The van der Waals surface area contributed by atoms with Crippen LogP contribution in [0, 0.1) is 0 Å². The standard InChI is InChI=1S/C52H54N8O12/c1-35(61)69-53-43(37-9-5-3-6-10-37)21-23-55-25-29-57(30-26-55)49(65)41-13-17-45-39(33-41)15-19-47(63)59(45)71-51(67)52(68)72-60-46-18-14-42(34-40(46)16-20-48(60)64)50(66)58-31-27-56(28-32-58)24-22-44(54-70-36(2)62)38-11-7-4-8-12-38/h3-14,17-18,33-34H,15-16,19-32H2,1-2H3. The van der Waals surface area contributed by atoms with Gasteiger partial charge >= 0.3 is 23.9 Å². The molecule has 20 nitrogen and oxygen atoms in total. The van der Waals surface area contributed by atoms with Gasteiger partial charge in [0.05, 0.1) is 22.8 Å². The monoisotopic (exact) mass is 982 g/mol. The molecule has 0 aliphatic carbocycles. The first kappa shape index (κ1) is 50.3. The van der Waals surface area contributed by atoms with Gasteiger partial charge in [0.15, 0.2) is 0 Å². The number of rotatable bonds is 14. The van der Waals surface area contributed by atoms with E-state index in [1.165, 1.54) is 38.1 Å². The van der Waals surface area contributed by atoms with Crippen molar-refractivity contribution < 1.29 is 57.7 Å². The Balaban J connectivity index is 0.827. The summed E-state index contributed by atoms with van der Waals surface area (Å²) in [4.78, 5) is 131. The van der Waals surface area contributed by atoms with Crippen molar-refractivity contribution in [2.45, 2.75) is 52.4 Å². The summed E-state index contributed by atoms with van der Waals surface area (Å²) in [5.41, 5.74) is 5.20. The van der Waals surface area contributed by atoms with E-state index in [1.807, 2.05) is 60.7 Å². The van der Waals surface area contributed by atoms with Gasteiger partial charge in [0.2, 0.25) is 0 Å². The van der Waals surface area contributed by atoms with Gasteiger partial charge in [-0.15, -0.1) is 10.1 Å². The molecule has 72 heavy (non-hydrogen) atoms. The number of benzene rings is 4. The van der Waals surface area contributed by atoms with Crippen LogP contribution in [0.3, 0.4) is 0 Å². The molecular weight excluding hydrogens is 929 g/mol. The lowest BCUT2D eigenvalue weighted by Gasteiger charge is -2.35. The van der Waals surface area contributed by atoms with Crippen LogP contribution in [0.1, 0.15) is 82.5 Å². The van der Waals surface area contributed by atoms with Crippen molar-refractivity contribution >= 4 is 70.3 Å². The molecule has 0 N–H and O–H groups in total. The molecule has 2 saturated heterocycles. The van der Waals surface area contributed by atoms with Gasteiger partial charge in [-0.05, 0) is 71.5 Å². The number of anilines is 2. The number of carbonyl (C=O) groups excluding carboxylic acids is 8. The number of hydrogen-bond acceptors (Lipinski definition) is 16. The van der Waals surface area contributed by atoms with E-state index in [-0.39, 0.29) is 48.9 Å². The summed E-state index contributed by atoms with van der Waals surface area (Å²) >= 11 is 0. The van der Waals surface area contributed by atoms with Crippen LogP contribution in [-0.4, -0.2) is 144 Å². The van der Waals surface area contributed by atoms with Crippen LogP contribution in [-0.2, 0) is 61.0 Å². The zero-order valence-corrected chi connectivity index (χ0v) is 40.0. The largest absolute Gasteiger partial charge is 0.444 e. The van der Waals surface area contributed by atoms with Crippen LogP contribution in [0.15, 0.2) is 107 Å². The summed E-state index contributed by atoms with van der Waals surface area (Å²) in [5, 5.41) is 9.54. The number of oxime groups is 2. The SMILES string of the molecule is CC(=O)ON=C(CCN1CCN(C(=O)c2ccc3c(c2)CCC(=O)N3OC(=O)C(=O)ON2C(=O)CCc3cc(C(=O)N4CCN(CCC(=NOC(C)=O)c5ccccc5)CC4)ccc32)CC1)c1ccccc1. The summed E-state index contributed by atoms with van der Waals surface area (Å²) in [6, 6.07) is 28.2. The van der Waals surface area contributed by atoms with Gasteiger partial charge in [-0.2, -0.15) is 0 Å². The third kappa shape index (κ3) is 12.4. The highest BCUT2D eigenvalue weighted by molar-refractivity contribution is 6.31. The van der Waals surface area contributed by atoms with Crippen LogP contribution in [0.25, 0.3) is 0 Å². The van der Waals surface area contributed by atoms with E-state index in [0.29, 0.717) is 122 Å². The molecule has 4 aromatic rings. The number of amides is 4. The highest BCUT2D eigenvalue weighted by Crippen LogP contribution is 2.32. The Hall–Kier alpha value is -8.10. The van der Waals surface area contributed by atoms with Crippen LogP contribution >= 0.6 is 0 Å². The summed E-state index contributed by atoms with van der Waals surface area (Å²) in [6.45, 7) is 8.11. The maximum atomic E-state index is 13.7. The highest BCUT2D eigenvalue weighted by atomic mass is 16.8. The number of carbonyl (C=O) groups is 8. The predicted octanol–water partition coefficient (Wildman–Crippen LogP) is 4.09. The molecule has 8 rings (SSSR count). The topological polar surface area (TPSA) is 218 Å². The van der Waals surface area contributed by atoms with Gasteiger partial charge in [-0.25, -0.2) is 19.2 Å². The van der Waals surface area contributed by atoms with Crippen molar-refractivity contribution in [2.24, 2.45) is 10.3 Å². The predicted molar refractivity (Wildman–Crippen MR) is 260 cm³/mol. The van der Waals surface area contributed by atoms with E-state index < -0.39 is 35.7 Å². The lowest BCUT2D eigenvalue weighted by atomic mass is 9.99. The van der Waals surface area contributed by atoms with Crippen molar-refractivity contribution in [1.82, 2.24) is 19.6 Å². The fourth-order valence-corrected chi connectivity index (χ4v) is 8.86. The minimum absolute atomic E-state index is 0.0734. The summed E-state index contributed by atoms with van der Waals surface area (Å²) in [6.07, 6.45) is 1.42. The van der Waals surface area contributed by atoms with Crippen molar-refractivity contribution in [1.29, 1.82) is 0 Å². The molecule has 374 valence electrons. The summed E-state index contributed by atoms with van der Waals surface area (Å²) in [5.74, 6) is -5.75. The number of hydroxylamine groups is 2. The molecule has 4 aliphatic rings. The Morgan fingerprint density at radius 3 is 1.21 bits per heavy atom. The Bertz CT molecular complexity index is 2600. The number of aryl methyl sites for hydroxylation is 2. The summed E-state index contributed by atoms with van der Waals surface area (Å²) < 4.78 is 0. The first-order valence-corrected chi connectivity index (χ1v) is 23.8. The molecule has 0 aromatic heterocycles. The van der Waals surface area contributed by atoms with Crippen molar-refractivity contribution in [3.05, 3.63) is 130 Å². The van der Waals surface area contributed by atoms with E-state index >= 15 is 0 Å². The molecular formula is C52H54N8O12. The van der Waals surface area contributed by atoms with Crippen LogP contribution < -0.4 is 10.1 Å². The number of fused-ring (bicyclic) bond motifs is 2. The quantitative estimate of drug-likeness (QED) is 0.0753. The maximum Gasteiger partial charge on any atom is 0.444 e. The minimum atomic E-state index is -1.55. The van der Waals surface area contributed by atoms with Crippen LogP contribution in [0.4, 0.5) is 11.4 Å². The molecule has 0 unspecified atom stereocenters. The van der Waals surface area contributed by atoms with Gasteiger partial charge in [-0.3, -0.25) is 29.0 Å². The van der Waals surface area contributed by atoms with E-state index in [9.17, 15) is 38.4 Å². The lowest BCUT2D eigenvalue weighted by Crippen LogP contribution is -2.49. The molecule has 0 atom stereocenters. The number of piperazine rings is 2. The van der Waals surface area contributed by atoms with Crippen molar-refractivity contribution in [3.63, 3.8) is 0 Å². The van der Waals surface area contributed by atoms with Gasteiger partial charge in [0.1, 0.15) is 0 Å². The van der Waals surface area contributed by atoms with E-state index in [4.69, 9.17) is 19.4 Å². The number of nitrogens with zero attached hydrogens (tertiary/aromatic N) is 8. The Kier molecular flexibility index (Phi) is 16.2. The summed E-state index contributed by atoms with van der Waals surface area (Å²) in [7, 11) is 0. The Labute approximate surface area is 415 Å². The van der Waals surface area contributed by atoms with Crippen LogP contribution in [0.5, 0.6) is 0 Å². The molecule has 4 aromatic carbocycles. The number of hydrogen-bond donors (Lipinski definition) is 0. The molecule has 0 bridgehead atoms. The first-order chi connectivity index (χ1) is 34.8. The smallest absolute Gasteiger partial charge is 0.336 e. The Morgan fingerprint density at radius 2 is 0.847 bits per heavy atom. The molecule has 4 aliphatic heterocycles. The fourth-order valence-electron chi connectivity index (χ4n) is 8.86. The third-order valence-corrected chi connectivity index (χ3v) is 12.7. The lowest BCUT2D eigenvalue weighted by molar-refractivity contribution is -0.172. The molecule has 0 radical (unpaired) electrons. The zero-order valence-electron chi connectivity index (χ0n) is 40.0. The third-order valence-electron chi connectivity index (χ3n) is 12.7. The molecule has 20 heteroatoms. The molecule has 2 fully saturated rings. The first-order valence-electron chi connectivity index (χ1n) is 23.8. The maximum absolute atomic E-state index is 13.7. The molecule has 4 heterocycles. The second kappa shape index (κ2) is 23.2. The van der Waals surface area contributed by atoms with E-state index in [2.05, 4.69) is 20.1 Å². The molecule has 0 spiro atoms. The molecule has 0 saturated carbocycles. The fraction of sp³-hybridized carbons (Fsp3) is 0.346. The average Bonchev–Trinajstić information content (AvgIpc) is 3.40. The van der Waals surface area contributed by atoms with Crippen LogP contribution in [0.2, 0.25) is 0 Å². The normalized spacial score (nSPS) is 16.6. The van der Waals surface area contributed by atoms with Gasteiger partial charge < -0.3 is 29.2 Å². The highest BCUT2D eigenvalue weighted by Gasteiger charge is 2.36. The van der Waals surface area contributed by atoms with Gasteiger partial charge in [-0.1, -0.05) is 71.0 Å². The minimum Gasteiger partial charge on any atom is -0.336 e. The average molecular weight is 983 g/mol. The second-order valence-corrected chi connectivity index (χ2v) is 17.6. The van der Waals surface area contributed by atoms with Gasteiger partial charge in [0, 0.05) is 116 Å².